The first kappa shape index (κ1) is 31.5. The lowest BCUT2D eigenvalue weighted by Gasteiger charge is -2.41. The van der Waals surface area contributed by atoms with E-state index in [1.807, 2.05) is 6.20 Å². The van der Waals surface area contributed by atoms with E-state index in [2.05, 4.69) is 30.5 Å². The molecule has 0 spiro atoms. The number of rotatable bonds is 8. The molecule has 1 fully saturated rings. The number of nitrogens with one attached hydrogen (secondary N) is 3. The smallest absolute Gasteiger partial charge is 0.262 e. The molecular formula is C32H37N7O8. The van der Waals surface area contributed by atoms with E-state index in [9.17, 15) is 9.59 Å². The van der Waals surface area contributed by atoms with E-state index in [4.69, 9.17) is 28.4 Å². The fourth-order valence-electron chi connectivity index (χ4n) is 5.82. The average Bonchev–Trinajstić information content (AvgIpc) is 3.47. The van der Waals surface area contributed by atoms with Crippen LogP contribution in [0, 0.1) is 5.92 Å². The second kappa shape index (κ2) is 13.5. The number of fused-ring (bicyclic) bond motifs is 4. The minimum Gasteiger partial charge on any atom is -0.493 e. The second-order valence-corrected chi connectivity index (χ2v) is 11.3. The van der Waals surface area contributed by atoms with Gasteiger partial charge >= 0.3 is 0 Å². The normalized spacial score (nSPS) is 17.6. The molecule has 0 radical (unpaired) electrons. The number of benzene rings is 2. The zero-order valence-electron chi connectivity index (χ0n) is 26.8. The molecule has 3 aliphatic rings. The van der Waals surface area contributed by atoms with Gasteiger partial charge in [-0.15, -0.1) is 0 Å². The van der Waals surface area contributed by atoms with Crippen molar-refractivity contribution in [3.63, 3.8) is 0 Å². The molecule has 0 aliphatic carbocycles. The lowest BCUT2D eigenvalue weighted by molar-refractivity contribution is -0.133. The van der Waals surface area contributed by atoms with Gasteiger partial charge < -0.3 is 48.9 Å². The maximum absolute atomic E-state index is 13.1. The molecule has 248 valence electrons. The number of aromatic nitrogens is 3. The van der Waals surface area contributed by atoms with Gasteiger partial charge in [0, 0.05) is 81.0 Å². The summed E-state index contributed by atoms with van der Waals surface area (Å²) >= 11 is 0. The summed E-state index contributed by atoms with van der Waals surface area (Å²) in [6.45, 7) is 2.42. The molecule has 1 saturated heterocycles. The standard InChI is InChI=1S/C32H37N7O8/c1-38-11-18-12-39(13-18)14-19-10-33-31-28(19)32(35-17-34-31)37-21-8-24(44-4)30(25(9-21)46-16-27(38)41)47-15-26(40)36-20-6-22(42-2)29(45-5)23(7-20)43-3/h6-10,17-18H,11-16H2,1-5H3,(H,36,40)(H2,33,34,35,37). The number of aromatic amines is 1. The Balaban J connectivity index is 1.29. The summed E-state index contributed by atoms with van der Waals surface area (Å²) < 4.78 is 33.8. The fourth-order valence-corrected chi connectivity index (χ4v) is 5.82. The Morgan fingerprint density at radius 1 is 0.979 bits per heavy atom. The third-order valence-electron chi connectivity index (χ3n) is 8.09. The number of hydrogen-bond donors (Lipinski definition) is 3. The minimum absolute atomic E-state index is 0.152. The quantitative estimate of drug-likeness (QED) is 0.257. The average molecular weight is 648 g/mol. The molecule has 15 heteroatoms. The predicted octanol–water partition coefficient (Wildman–Crippen LogP) is 3.04. The van der Waals surface area contributed by atoms with Crippen molar-refractivity contribution in [3.05, 3.63) is 42.4 Å². The monoisotopic (exact) mass is 647 g/mol. The predicted molar refractivity (Wildman–Crippen MR) is 172 cm³/mol. The molecule has 2 amide bonds. The Hall–Kier alpha value is -5.44. The fraction of sp³-hybridized carbons (Fsp3) is 0.375. The first-order chi connectivity index (χ1) is 22.8. The van der Waals surface area contributed by atoms with E-state index in [0.29, 0.717) is 52.6 Å². The lowest BCUT2D eigenvalue weighted by Crippen LogP contribution is -2.51. The van der Waals surface area contributed by atoms with Crippen molar-refractivity contribution in [2.75, 3.05) is 79.0 Å². The second-order valence-electron chi connectivity index (χ2n) is 11.3. The highest BCUT2D eigenvalue weighted by Crippen LogP contribution is 2.43. The molecule has 4 bridgehead atoms. The van der Waals surface area contributed by atoms with Crippen molar-refractivity contribution < 1.29 is 38.0 Å². The Kier molecular flexibility index (Phi) is 9.06. The number of nitrogens with zero attached hydrogens (tertiary/aromatic N) is 4. The summed E-state index contributed by atoms with van der Waals surface area (Å²) in [6.07, 6.45) is 3.43. The summed E-state index contributed by atoms with van der Waals surface area (Å²) in [5.74, 6) is 2.07. The van der Waals surface area contributed by atoms with Crippen LogP contribution in [-0.2, 0) is 16.1 Å². The number of amides is 2. The number of carbonyl (C=O) groups excluding carboxylic acids is 2. The molecule has 2 aromatic heterocycles. The van der Waals surface area contributed by atoms with Crippen LogP contribution < -0.4 is 39.1 Å². The molecule has 3 N–H and O–H groups in total. The van der Waals surface area contributed by atoms with Gasteiger partial charge in [0.1, 0.15) is 17.8 Å². The highest BCUT2D eigenvalue weighted by Gasteiger charge is 2.30. The molecule has 4 aromatic rings. The van der Waals surface area contributed by atoms with E-state index in [-0.39, 0.29) is 29.8 Å². The van der Waals surface area contributed by atoms with E-state index in [1.165, 1.54) is 34.8 Å². The van der Waals surface area contributed by atoms with Crippen molar-refractivity contribution in [2.45, 2.75) is 6.54 Å². The van der Waals surface area contributed by atoms with Crippen LogP contribution in [0.4, 0.5) is 17.2 Å². The topological polar surface area (TPSA) is 162 Å². The van der Waals surface area contributed by atoms with Crippen LogP contribution in [-0.4, -0.2) is 105 Å². The molecule has 15 nitrogen and oxygen atoms in total. The maximum Gasteiger partial charge on any atom is 0.262 e. The molecule has 0 saturated carbocycles. The Labute approximate surface area is 271 Å². The van der Waals surface area contributed by atoms with Crippen LogP contribution >= 0.6 is 0 Å². The molecular weight excluding hydrogens is 610 g/mol. The summed E-state index contributed by atoms with van der Waals surface area (Å²) in [5, 5.41) is 7.01. The van der Waals surface area contributed by atoms with Crippen LogP contribution in [0.25, 0.3) is 11.0 Å². The Bertz CT molecular complexity index is 1760. The van der Waals surface area contributed by atoms with Crippen molar-refractivity contribution in [1.29, 1.82) is 0 Å². The van der Waals surface area contributed by atoms with Gasteiger partial charge in [-0.1, -0.05) is 0 Å². The van der Waals surface area contributed by atoms with Gasteiger partial charge in [0.05, 0.1) is 33.8 Å². The largest absolute Gasteiger partial charge is 0.493 e. The number of anilines is 3. The van der Waals surface area contributed by atoms with Crippen molar-refractivity contribution in [1.82, 2.24) is 24.8 Å². The molecule has 0 unspecified atom stereocenters. The van der Waals surface area contributed by atoms with Gasteiger partial charge in [-0.2, -0.15) is 0 Å². The third kappa shape index (κ3) is 6.60. The van der Waals surface area contributed by atoms with Crippen LogP contribution in [0.3, 0.4) is 0 Å². The van der Waals surface area contributed by atoms with E-state index < -0.39 is 12.5 Å². The van der Waals surface area contributed by atoms with Gasteiger partial charge in [-0.25, -0.2) is 9.97 Å². The van der Waals surface area contributed by atoms with Gasteiger partial charge in [-0.3, -0.25) is 14.5 Å². The van der Waals surface area contributed by atoms with Crippen molar-refractivity contribution >= 4 is 40.0 Å². The summed E-state index contributed by atoms with van der Waals surface area (Å²) in [5.41, 5.74) is 2.74. The summed E-state index contributed by atoms with van der Waals surface area (Å²) in [4.78, 5) is 42.3. The van der Waals surface area contributed by atoms with Gasteiger partial charge in [0.25, 0.3) is 11.8 Å². The Morgan fingerprint density at radius 2 is 1.70 bits per heavy atom. The molecule has 2 aromatic carbocycles. The molecule has 5 heterocycles. The minimum atomic E-state index is -0.474. The third-order valence-corrected chi connectivity index (χ3v) is 8.09. The number of hydrogen-bond acceptors (Lipinski definition) is 12. The zero-order chi connectivity index (χ0) is 33.1. The first-order valence-corrected chi connectivity index (χ1v) is 14.9. The van der Waals surface area contributed by atoms with Crippen LogP contribution in [0.2, 0.25) is 0 Å². The van der Waals surface area contributed by atoms with E-state index in [1.54, 1.807) is 36.2 Å². The molecule has 3 aliphatic heterocycles. The van der Waals surface area contributed by atoms with Gasteiger partial charge in [-0.05, 0) is 5.56 Å². The lowest BCUT2D eigenvalue weighted by atomic mass is 9.98. The first-order valence-electron chi connectivity index (χ1n) is 14.9. The Morgan fingerprint density at radius 3 is 2.40 bits per heavy atom. The van der Waals surface area contributed by atoms with E-state index >= 15 is 0 Å². The van der Waals surface area contributed by atoms with Crippen molar-refractivity contribution in [2.24, 2.45) is 5.92 Å². The van der Waals surface area contributed by atoms with Crippen molar-refractivity contribution in [3.8, 4) is 34.5 Å². The van der Waals surface area contributed by atoms with Crippen LogP contribution in [0.1, 0.15) is 5.56 Å². The number of ether oxygens (including phenoxy) is 6. The number of methoxy groups -OCH3 is 4. The van der Waals surface area contributed by atoms with Crippen LogP contribution in [0.5, 0.6) is 34.5 Å². The SMILES string of the molecule is COc1cc(NC(=O)COc2c(OC)cc3cc2OCC(=O)N(C)CC2CN(Cc4c[nH]c5ncnc(c45)N3)C2)cc(OC)c1OC. The molecule has 0 atom stereocenters. The van der Waals surface area contributed by atoms with E-state index in [0.717, 1.165) is 30.6 Å². The number of carbonyl (C=O) groups is 2. The number of likely N-dealkylation sites (N-methyl/N-ethyl adjacent to an activating group) is 1. The van der Waals surface area contributed by atoms with Gasteiger partial charge in [0.2, 0.25) is 11.5 Å². The molecule has 47 heavy (non-hydrogen) atoms. The van der Waals surface area contributed by atoms with Gasteiger partial charge in [0.15, 0.2) is 36.2 Å². The number of H-pyrrole nitrogens is 1. The van der Waals surface area contributed by atoms with Crippen LogP contribution in [0.15, 0.2) is 36.8 Å². The summed E-state index contributed by atoms with van der Waals surface area (Å²) in [6, 6.07) is 6.60. The molecule has 7 rings (SSSR count). The zero-order valence-corrected chi connectivity index (χ0v) is 26.8. The maximum atomic E-state index is 13.1. The highest BCUT2D eigenvalue weighted by molar-refractivity contribution is 5.93. The summed E-state index contributed by atoms with van der Waals surface area (Å²) in [7, 11) is 7.72. The highest BCUT2D eigenvalue weighted by atomic mass is 16.5.